The summed E-state index contributed by atoms with van der Waals surface area (Å²) in [6.07, 6.45) is 3.06. The number of carbonyl (C=O) groups excluding carboxylic acids is 1. The predicted molar refractivity (Wildman–Crippen MR) is 64.3 cm³/mol. The topological polar surface area (TPSA) is 113 Å². The van der Waals surface area contributed by atoms with E-state index in [1.54, 1.807) is 19.2 Å². The third kappa shape index (κ3) is 2.97. The van der Waals surface area contributed by atoms with Crippen LogP contribution >= 0.6 is 0 Å². The summed E-state index contributed by atoms with van der Waals surface area (Å²) in [4.78, 5) is 22.6. The number of aromatic carboxylic acids is 1. The van der Waals surface area contributed by atoms with Gasteiger partial charge in [0.2, 0.25) is 5.91 Å². The summed E-state index contributed by atoms with van der Waals surface area (Å²) in [5, 5.41) is 21.8. The van der Waals surface area contributed by atoms with Crippen molar-refractivity contribution in [3.8, 4) is 0 Å². The number of aromatic amines is 1. The lowest BCUT2D eigenvalue weighted by Crippen LogP contribution is -2.31. The molecule has 0 aliphatic carbocycles. The number of hydrogen-bond donors (Lipinski definition) is 3. The summed E-state index contributed by atoms with van der Waals surface area (Å²) in [5.74, 6) is -1.38. The van der Waals surface area contributed by atoms with E-state index in [1.807, 2.05) is 0 Å². The van der Waals surface area contributed by atoms with Gasteiger partial charge >= 0.3 is 5.97 Å². The van der Waals surface area contributed by atoms with Crippen molar-refractivity contribution in [3.05, 3.63) is 35.9 Å². The van der Waals surface area contributed by atoms with E-state index in [0.717, 1.165) is 5.69 Å². The molecule has 1 amide bonds. The van der Waals surface area contributed by atoms with Crippen molar-refractivity contribution < 1.29 is 14.7 Å². The summed E-state index contributed by atoms with van der Waals surface area (Å²) in [5.41, 5.74) is 0.695. The molecule has 8 heteroatoms. The van der Waals surface area contributed by atoms with E-state index in [-0.39, 0.29) is 11.6 Å². The molecule has 19 heavy (non-hydrogen) atoms. The fraction of sp³-hybridized carbons (Fsp3) is 0.273. The average Bonchev–Trinajstić information content (AvgIpc) is 3.05. The van der Waals surface area contributed by atoms with Crippen molar-refractivity contribution in [3.63, 3.8) is 0 Å². The van der Waals surface area contributed by atoms with Gasteiger partial charge in [0.1, 0.15) is 6.04 Å². The van der Waals surface area contributed by atoms with E-state index in [9.17, 15) is 9.59 Å². The monoisotopic (exact) mass is 263 g/mol. The Morgan fingerprint density at radius 3 is 2.89 bits per heavy atom. The summed E-state index contributed by atoms with van der Waals surface area (Å²) in [6, 6.07) is 2.51. The highest BCUT2D eigenvalue weighted by Crippen LogP contribution is 2.06. The summed E-state index contributed by atoms with van der Waals surface area (Å²) in [6.45, 7) is 1.97. The molecule has 1 atom stereocenters. The summed E-state index contributed by atoms with van der Waals surface area (Å²) in [7, 11) is 0. The van der Waals surface area contributed by atoms with Gasteiger partial charge in [0.25, 0.3) is 0 Å². The van der Waals surface area contributed by atoms with E-state index in [1.165, 1.54) is 16.9 Å². The van der Waals surface area contributed by atoms with Crippen LogP contribution in [-0.2, 0) is 11.3 Å². The zero-order chi connectivity index (χ0) is 13.8. The molecule has 0 fully saturated rings. The largest absolute Gasteiger partial charge is 0.476 e. The third-order valence-corrected chi connectivity index (χ3v) is 2.62. The van der Waals surface area contributed by atoms with Crippen molar-refractivity contribution in [1.82, 2.24) is 25.3 Å². The average molecular weight is 263 g/mol. The number of rotatable bonds is 5. The molecule has 0 saturated heterocycles. The molecule has 1 unspecified atom stereocenters. The maximum absolute atomic E-state index is 11.9. The second-order valence-electron chi connectivity index (χ2n) is 3.96. The molecule has 8 nitrogen and oxygen atoms in total. The zero-order valence-electron chi connectivity index (χ0n) is 10.2. The summed E-state index contributed by atoms with van der Waals surface area (Å²) >= 11 is 0. The molecule has 0 bridgehead atoms. The molecular weight excluding hydrogens is 250 g/mol. The number of amides is 1. The Balaban J connectivity index is 1.96. The van der Waals surface area contributed by atoms with Crippen LogP contribution in [0.1, 0.15) is 29.1 Å². The van der Waals surface area contributed by atoms with Crippen LogP contribution in [0.2, 0.25) is 0 Å². The molecule has 0 aliphatic heterocycles. The predicted octanol–water partition coefficient (Wildman–Crippen LogP) is 0.182. The van der Waals surface area contributed by atoms with Gasteiger partial charge in [0.15, 0.2) is 5.69 Å². The molecule has 2 aromatic heterocycles. The van der Waals surface area contributed by atoms with E-state index < -0.39 is 12.0 Å². The van der Waals surface area contributed by atoms with Gasteiger partial charge in [-0.05, 0) is 19.1 Å². The molecule has 0 saturated carbocycles. The van der Waals surface area contributed by atoms with Crippen LogP contribution in [0.3, 0.4) is 0 Å². The quantitative estimate of drug-likeness (QED) is 0.712. The zero-order valence-corrected chi connectivity index (χ0v) is 10.2. The van der Waals surface area contributed by atoms with Crippen molar-refractivity contribution in [2.45, 2.75) is 19.5 Å². The number of hydrogen-bond acceptors (Lipinski definition) is 4. The lowest BCUT2D eigenvalue weighted by Gasteiger charge is -2.11. The number of aromatic nitrogens is 4. The maximum Gasteiger partial charge on any atom is 0.356 e. The molecule has 2 heterocycles. The SMILES string of the molecule is CC(C(=O)NCc1ccn[nH]1)n1ccc(C(=O)O)n1. The number of nitrogens with zero attached hydrogens (tertiary/aromatic N) is 3. The molecule has 0 aromatic carbocycles. The highest BCUT2D eigenvalue weighted by Gasteiger charge is 2.17. The van der Waals surface area contributed by atoms with Gasteiger partial charge in [-0.2, -0.15) is 10.2 Å². The van der Waals surface area contributed by atoms with Gasteiger partial charge in [-0.3, -0.25) is 14.6 Å². The Bertz CT molecular complexity index is 575. The Labute approximate surface area is 108 Å². The van der Waals surface area contributed by atoms with Crippen molar-refractivity contribution in [2.75, 3.05) is 0 Å². The van der Waals surface area contributed by atoms with Gasteiger partial charge in [0, 0.05) is 12.4 Å². The second-order valence-corrected chi connectivity index (χ2v) is 3.96. The molecule has 0 spiro atoms. The first kappa shape index (κ1) is 12.8. The minimum Gasteiger partial charge on any atom is -0.476 e. The lowest BCUT2D eigenvalue weighted by atomic mass is 10.3. The van der Waals surface area contributed by atoms with Gasteiger partial charge in [-0.15, -0.1) is 0 Å². The van der Waals surface area contributed by atoms with Crippen molar-refractivity contribution >= 4 is 11.9 Å². The van der Waals surface area contributed by atoms with Gasteiger partial charge in [0.05, 0.1) is 12.2 Å². The van der Waals surface area contributed by atoms with E-state index in [4.69, 9.17) is 5.11 Å². The van der Waals surface area contributed by atoms with Gasteiger partial charge in [-0.1, -0.05) is 0 Å². The first-order valence-corrected chi connectivity index (χ1v) is 5.62. The maximum atomic E-state index is 11.9. The minimum absolute atomic E-state index is 0.0896. The van der Waals surface area contributed by atoms with Crippen LogP contribution in [0.25, 0.3) is 0 Å². The van der Waals surface area contributed by atoms with Crippen molar-refractivity contribution in [1.29, 1.82) is 0 Å². The van der Waals surface area contributed by atoms with Crippen LogP contribution in [-0.4, -0.2) is 37.0 Å². The lowest BCUT2D eigenvalue weighted by molar-refractivity contribution is -0.124. The molecule has 3 N–H and O–H groups in total. The number of carboxylic acids is 1. The molecule has 2 aromatic rings. The molecular formula is C11H13N5O3. The standard InChI is InChI=1S/C11H13N5O3/c1-7(16-5-3-9(15-16)11(18)19)10(17)12-6-8-2-4-13-14-8/h2-5,7H,6H2,1H3,(H,12,17)(H,13,14)(H,18,19). The molecule has 100 valence electrons. The molecule has 0 radical (unpaired) electrons. The Kier molecular flexibility index (Phi) is 3.60. The van der Waals surface area contributed by atoms with Gasteiger partial charge in [-0.25, -0.2) is 4.79 Å². The smallest absolute Gasteiger partial charge is 0.356 e. The van der Waals surface area contributed by atoms with Crippen LogP contribution in [0, 0.1) is 0 Å². The molecule has 2 rings (SSSR count). The van der Waals surface area contributed by atoms with Crippen LogP contribution in [0.15, 0.2) is 24.5 Å². The van der Waals surface area contributed by atoms with Crippen LogP contribution in [0.5, 0.6) is 0 Å². The normalized spacial score (nSPS) is 12.1. The van der Waals surface area contributed by atoms with E-state index in [0.29, 0.717) is 6.54 Å². The van der Waals surface area contributed by atoms with Gasteiger partial charge < -0.3 is 10.4 Å². The van der Waals surface area contributed by atoms with Crippen LogP contribution in [0.4, 0.5) is 0 Å². The fourth-order valence-electron chi connectivity index (χ4n) is 1.50. The van der Waals surface area contributed by atoms with E-state index >= 15 is 0 Å². The van der Waals surface area contributed by atoms with Crippen LogP contribution < -0.4 is 5.32 Å². The number of carbonyl (C=O) groups is 2. The first-order valence-electron chi connectivity index (χ1n) is 5.62. The molecule has 0 aliphatic rings. The Morgan fingerprint density at radius 1 is 1.53 bits per heavy atom. The fourth-order valence-corrected chi connectivity index (χ4v) is 1.50. The Hall–Kier alpha value is -2.64. The third-order valence-electron chi connectivity index (χ3n) is 2.62. The highest BCUT2D eigenvalue weighted by atomic mass is 16.4. The van der Waals surface area contributed by atoms with Crippen molar-refractivity contribution in [2.24, 2.45) is 0 Å². The first-order chi connectivity index (χ1) is 9.08. The van der Waals surface area contributed by atoms with E-state index in [2.05, 4.69) is 20.6 Å². The second kappa shape index (κ2) is 5.34. The number of carboxylic acid groups (broad SMARTS) is 1. The number of H-pyrrole nitrogens is 1. The highest BCUT2D eigenvalue weighted by molar-refractivity contribution is 5.85. The minimum atomic E-state index is -1.12. The Morgan fingerprint density at radius 2 is 2.32 bits per heavy atom. The number of nitrogens with one attached hydrogen (secondary N) is 2. The summed E-state index contributed by atoms with van der Waals surface area (Å²) < 4.78 is 1.31.